The number of imide groups is 1. The number of amides is 2. The Morgan fingerprint density at radius 1 is 0.867 bits per heavy atom. The first kappa shape index (κ1) is 10.1. The molecule has 0 bridgehead atoms. The minimum Gasteiger partial charge on any atom is -0.505 e. The third-order valence-corrected chi connectivity index (χ3v) is 2.85. The molecule has 0 atom stereocenters. The van der Waals surface area contributed by atoms with Crippen LogP contribution in [0.15, 0.2) is 0 Å². The highest BCUT2D eigenvalue weighted by atomic mass is 35.5. The average molecular weight is 248 g/mol. The van der Waals surface area contributed by atoms with E-state index in [2.05, 4.69) is 0 Å². The number of fused-ring (bicyclic) bond motifs is 1. The third kappa shape index (κ3) is 1.17. The van der Waals surface area contributed by atoms with Crippen molar-refractivity contribution in [3.05, 3.63) is 21.2 Å². The van der Waals surface area contributed by atoms with E-state index >= 15 is 0 Å². The molecule has 3 N–H and O–H groups in total. The van der Waals surface area contributed by atoms with Gasteiger partial charge in [-0.3, -0.25) is 14.9 Å². The van der Waals surface area contributed by atoms with Gasteiger partial charge in [-0.1, -0.05) is 23.2 Å². The largest absolute Gasteiger partial charge is 0.505 e. The van der Waals surface area contributed by atoms with Crippen LogP contribution in [0.4, 0.5) is 0 Å². The average Bonchev–Trinajstić information content (AvgIpc) is 2.47. The fourth-order valence-corrected chi connectivity index (χ4v) is 1.70. The summed E-state index contributed by atoms with van der Waals surface area (Å²) in [6, 6.07) is 0. The number of hydrogen-bond acceptors (Lipinski definition) is 4. The number of nitrogens with one attached hydrogen (secondary N) is 1. The Bertz CT molecular complexity index is 467. The van der Waals surface area contributed by atoms with Crippen molar-refractivity contribution >= 4 is 35.0 Å². The Labute approximate surface area is 93.2 Å². The molecule has 1 heterocycles. The van der Waals surface area contributed by atoms with E-state index in [9.17, 15) is 19.8 Å². The Morgan fingerprint density at radius 3 is 1.53 bits per heavy atom. The zero-order valence-electron chi connectivity index (χ0n) is 6.97. The maximum Gasteiger partial charge on any atom is 0.262 e. The van der Waals surface area contributed by atoms with E-state index in [-0.39, 0.29) is 21.2 Å². The predicted molar refractivity (Wildman–Crippen MR) is 51.6 cm³/mol. The van der Waals surface area contributed by atoms with Gasteiger partial charge in [0.2, 0.25) is 0 Å². The van der Waals surface area contributed by atoms with Crippen molar-refractivity contribution in [3.63, 3.8) is 0 Å². The predicted octanol–water partition coefficient (Wildman–Crippen LogP) is 1.29. The molecule has 1 aliphatic heterocycles. The maximum absolute atomic E-state index is 11.2. The number of phenolic OH excluding ortho intramolecular Hbond substituents is 2. The number of carbonyl (C=O) groups is 2. The second kappa shape index (κ2) is 3.01. The van der Waals surface area contributed by atoms with Gasteiger partial charge in [-0.25, -0.2) is 0 Å². The maximum atomic E-state index is 11.2. The molecule has 1 aromatic carbocycles. The summed E-state index contributed by atoms with van der Waals surface area (Å²) in [5.74, 6) is -2.86. The van der Waals surface area contributed by atoms with Crippen molar-refractivity contribution < 1.29 is 19.8 Å². The first-order valence-electron chi connectivity index (χ1n) is 3.73. The molecule has 5 nitrogen and oxygen atoms in total. The third-order valence-electron chi connectivity index (χ3n) is 2.01. The van der Waals surface area contributed by atoms with Gasteiger partial charge in [0.25, 0.3) is 11.8 Å². The second-order valence-electron chi connectivity index (χ2n) is 2.86. The van der Waals surface area contributed by atoms with Gasteiger partial charge >= 0.3 is 0 Å². The van der Waals surface area contributed by atoms with Crippen molar-refractivity contribution in [3.8, 4) is 11.5 Å². The van der Waals surface area contributed by atoms with E-state index in [0.29, 0.717) is 0 Å². The number of carbonyl (C=O) groups excluding carboxylic acids is 2. The van der Waals surface area contributed by atoms with Crippen LogP contribution in [0.25, 0.3) is 0 Å². The summed E-state index contributed by atoms with van der Waals surface area (Å²) in [5, 5.41) is 20.1. The standard InChI is InChI=1S/C8H3Cl2NO4/c9-3-4(10)6(13)2-1(5(3)12)7(14)11-8(2)15/h12-13H,(H,11,14,15). The van der Waals surface area contributed by atoms with E-state index in [4.69, 9.17) is 23.2 Å². The van der Waals surface area contributed by atoms with Gasteiger partial charge in [0.15, 0.2) is 0 Å². The Kier molecular flexibility index (Phi) is 2.02. The number of benzene rings is 1. The van der Waals surface area contributed by atoms with Crippen LogP contribution >= 0.6 is 23.2 Å². The number of phenols is 2. The van der Waals surface area contributed by atoms with Crippen LogP contribution in [-0.4, -0.2) is 22.0 Å². The van der Waals surface area contributed by atoms with Crippen LogP contribution in [0.5, 0.6) is 11.5 Å². The molecular weight excluding hydrogens is 245 g/mol. The van der Waals surface area contributed by atoms with Crippen molar-refractivity contribution in [2.45, 2.75) is 0 Å². The smallest absolute Gasteiger partial charge is 0.262 e. The van der Waals surface area contributed by atoms with Crippen molar-refractivity contribution in [2.24, 2.45) is 0 Å². The lowest BCUT2D eigenvalue weighted by molar-refractivity contribution is 0.0878. The lowest BCUT2D eigenvalue weighted by Gasteiger charge is -2.06. The van der Waals surface area contributed by atoms with Crippen molar-refractivity contribution in [1.82, 2.24) is 5.32 Å². The lowest BCUT2D eigenvalue weighted by atomic mass is 10.1. The second-order valence-corrected chi connectivity index (χ2v) is 3.61. The summed E-state index contributed by atoms with van der Waals surface area (Å²) in [4.78, 5) is 22.4. The van der Waals surface area contributed by atoms with Crippen LogP contribution < -0.4 is 5.32 Å². The van der Waals surface area contributed by atoms with Gasteiger partial charge in [0, 0.05) is 0 Å². The highest BCUT2D eigenvalue weighted by Crippen LogP contribution is 2.45. The summed E-state index contributed by atoms with van der Waals surface area (Å²) in [6.45, 7) is 0. The molecule has 2 rings (SSSR count). The molecule has 0 saturated carbocycles. The van der Waals surface area contributed by atoms with Crippen molar-refractivity contribution in [1.29, 1.82) is 0 Å². The van der Waals surface area contributed by atoms with E-state index in [1.165, 1.54) is 0 Å². The van der Waals surface area contributed by atoms with Crippen molar-refractivity contribution in [2.75, 3.05) is 0 Å². The SMILES string of the molecule is O=C1NC(=O)c2c(O)c(Cl)c(Cl)c(O)c21. The quantitative estimate of drug-likeness (QED) is 0.476. The van der Waals surface area contributed by atoms with Gasteiger partial charge in [-0.15, -0.1) is 0 Å². The van der Waals surface area contributed by atoms with Crippen LogP contribution in [0.3, 0.4) is 0 Å². The van der Waals surface area contributed by atoms with Crippen LogP contribution in [-0.2, 0) is 0 Å². The molecular formula is C8H3Cl2NO4. The molecule has 0 fully saturated rings. The van der Waals surface area contributed by atoms with E-state index in [0.717, 1.165) is 0 Å². The molecule has 0 aromatic heterocycles. The summed E-state index contributed by atoms with van der Waals surface area (Å²) in [6.07, 6.45) is 0. The summed E-state index contributed by atoms with van der Waals surface area (Å²) >= 11 is 11.1. The van der Waals surface area contributed by atoms with Gasteiger partial charge in [0.05, 0.1) is 11.1 Å². The summed E-state index contributed by atoms with van der Waals surface area (Å²) < 4.78 is 0. The Morgan fingerprint density at radius 2 is 1.20 bits per heavy atom. The molecule has 0 aliphatic carbocycles. The highest BCUT2D eigenvalue weighted by molar-refractivity contribution is 6.45. The number of aromatic hydroxyl groups is 2. The van der Waals surface area contributed by atoms with Gasteiger partial charge in [-0.05, 0) is 0 Å². The molecule has 0 saturated heterocycles. The molecule has 0 unspecified atom stereocenters. The first-order chi connectivity index (χ1) is 6.95. The van der Waals surface area contributed by atoms with Crippen LogP contribution in [0, 0.1) is 0 Å². The monoisotopic (exact) mass is 247 g/mol. The van der Waals surface area contributed by atoms with Gasteiger partial charge < -0.3 is 10.2 Å². The Balaban J connectivity index is 2.92. The number of halogens is 2. The van der Waals surface area contributed by atoms with Crippen LogP contribution in [0.1, 0.15) is 20.7 Å². The molecule has 15 heavy (non-hydrogen) atoms. The molecule has 0 radical (unpaired) electrons. The van der Waals surface area contributed by atoms with E-state index in [1.54, 1.807) is 0 Å². The highest BCUT2D eigenvalue weighted by Gasteiger charge is 2.36. The van der Waals surface area contributed by atoms with Gasteiger partial charge in [0.1, 0.15) is 21.5 Å². The topological polar surface area (TPSA) is 86.6 Å². The molecule has 7 heteroatoms. The lowest BCUT2D eigenvalue weighted by Crippen LogP contribution is -2.20. The molecule has 1 aliphatic rings. The summed E-state index contributed by atoms with van der Waals surface area (Å²) in [7, 11) is 0. The molecule has 78 valence electrons. The molecule has 2 amide bonds. The zero-order valence-corrected chi connectivity index (χ0v) is 8.48. The van der Waals surface area contributed by atoms with Crippen LogP contribution in [0.2, 0.25) is 10.0 Å². The van der Waals surface area contributed by atoms with E-state index < -0.39 is 23.3 Å². The minimum atomic E-state index is -0.818. The van der Waals surface area contributed by atoms with E-state index in [1.807, 2.05) is 5.32 Å². The Hall–Kier alpha value is -1.46. The van der Waals surface area contributed by atoms with Gasteiger partial charge in [-0.2, -0.15) is 0 Å². The number of hydrogen-bond donors (Lipinski definition) is 3. The molecule has 1 aromatic rings. The fourth-order valence-electron chi connectivity index (χ4n) is 1.33. The first-order valence-corrected chi connectivity index (χ1v) is 4.49. The summed E-state index contributed by atoms with van der Waals surface area (Å²) in [5.41, 5.74) is -0.709. The fraction of sp³-hybridized carbons (Fsp3) is 0. The molecule has 0 spiro atoms. The zero-order chi connectivity index (χ0) is 11.3. The normalized spacial score (nSPS) is 14.0. The minimum absolute atomic E-state index is 0.355. The number of rotatable bonds is 0.